The maximum atomic E-state index is 12.1. The van der Waals surface area contributed by atoms with Crippen molar-refractivity contribution in [2.45, 2.75) is 6.92 Å². The number of nitrogens with zero attached hydrogens (tertiary/aromatic N) is 1. The van der Waals surface area contributed by atoms with E-state index in [4.69, 9.17) is 11.6 Å². The molecule has 126 valence electrons. The number of rotatable bonds is 4. The van der Waals surface area contributed by atoms with E-state index in [2.05, 4.69) is 17.2 Å². The number of nitro benzene ring substituents is 1. The van der Waals surface area contributed by atoms with Gasteiger partial charge >= 0.3 is 0 Å². The van der Waals surface area contributed by atoms with Crippen LogP contribution in [0.25, 0.3) is 0 Å². The molecule has 25 heavy (non-hydrogen) atoms. The number of carbonyl (C=O) groups excluding carboxylic acids is 2. The Kier molecular flexibility index (Phi) is 5.88. The molecule has 0 saturated carbocycles. The van der Waals surface area contributed by atoms with Crippen molar-refractivity contribution in [3.8, 4) is 11.8 Å². The minimum absolute atomic E-state index is 0.0109. The zero-order valence-corrected chi connectivity index (χ0v) is 14.0. The molecule has 0 aliphatic heterocycles. The highest BCUT2D eigenvalue weighted by Gasteiger charge is 2.19. The second kappa shape index (κ2) is 8.08. The molecule has 2 aromatic rings. The Bertz CT molecular complexity index is 896. The molecule has 2 rings (SSSR count). The van der Waals surface area contributed by atoms with Crippen molar-refractivity contribution in [2.75, 3.05) is 6.54 Å². The number of ketones is 1. The van der Waals surface area contributed by atoms with Gasteiger partial charge in [-0.15, -0.1) is 0 Å². The number of nitrogens with one attached hydrogen (secondary N) is 1. The van der Waals surface area contributed by atoms with Crippen molar-refractivity contribution in [1.29, 1.82) is 0 Å². The number of hydrogen-bond donors (Lipinski definition) is 1. The number of carbonyl (C=O) groups is 2. The van der Waals surface area contributed by atoms with Crippen LogP contribution in [0.3, 0.4) is 0 Å². The second-order valence-electron chi connectivity index (χ2n) is 5.04. The summed E-state index contributed by atoms with van der Waals surface area (Å²) < 4.78 is 0. The molecule has 0 fully saturated rings. The Morgan fingerprint density at radius 1 is 1.20 bits per heavy atom. The maximum absolute atomic E-state index is 12.1. The summed E-state index contributed by atoms with van der Waals surface area (Å²) in [5, 5.41) is 13.7. The summed E-state index contributed by atoms with van der Waals surface area (Å²) in [5.41, 5.74) is 0.833. The van der Waals surface area contributed by atoms with Crippen LogP contribution in [0, 0.1) is 22.0 Å². The number of nitro groups is 1. The van der Waals surface area contributed by atoms with E-state index >= 15 is 0 Å². The van der Waals surface area contributed by atoms with Gasteiger partial charge in [0.05, 0.1) is 11.5 Å². The largest absolute Gasteiger partial charge is 0.341 e. The number of benzene rings is 2. The molecule has 0 bridgehead atoms. The zero-order valence-electron chi connectivity index (χ0n) is 13.2. The molecule has 0 aliphatic rings. The van der Waals surface area contributed by atoms with Gasteiger partial charge in [0.1, 0.15) is 5.56 Å². The van der Waals surface area contributed by atoms with Gasteiger partial charge in [-0.25, -0.2) is 0 Å². The summed E-state index contributed by atoms with van der Waals surface area (Å²) in [4.78, 5) is 33.6. The summed E-state index contributed by atoms with van der Waals surface area (Å²) in [7, 11) is 0. The average molecular weight is 357 g/mol. The highest BCUT2D eigenvalue weighted by molar-refractivity contribution is 6.31. The third kappa shape index (κ3) is 4.90. The number of halogens is 1. The van der Waals surface area contributed by atoms with E-state index in [1.807, 2.05) is 0 Å². The molecule has 0 unspecified atom stereocenters. The molecular formula is C18H13ClN2O4. The number of hydrogen-bond acceptors (Lipinski definition) is 4. The predicted octanol–water partition coefficient (Wildman–Crippen LogP) is 3.23. The second-order valence-corrected chi connectivity index (χ2v) is 5.47. The topological polar surface area (TPSA) is 89.3 Å². The highest BCUT2D eigenvalue weighted by atomic mass is 35.5. The van der Waals surface area contributed by atoms with E-state index in [9.17, 15) is 19.7 Å². The van der Waals surface area contributed by atoms with Crippen LogP contribution in [-0.2, 0) is 0 Å². The van der Waals surface area contributed by atoms with Crippen LogP contribution in [0.5, 0.6) is 0 Å². The Hall–Kier alpha value is -3.17. The minimum Gasteiger partial charge on any atom is -0.341 e. The van der Waals surface area contributed by atoms with Gasteiger partial charge in [-0.05, 0) is 31.2 Å². The van der Waals surface area contributed by atoms with Crippen LogP contribution in [0.15, 0.2) is 42.5 Å². The van der Waals surface area contributed by atoms with Crippen LogP contribution in [-0.4, -0.2) is 23.2 Å². The van der Waals surface area contributed by atoms with Gasteiger partial charge in [-0.2, -0.15) is 0 Å². The molecule has 2 aromatic carbocycles. The number of amides is 1. The fourth-order valence-corrected chi connectivity index (χ4v) is 2.18. The third-order valence-corrected chi connectivity index (χ3v) is 3.50. The van der Waals surface area contributed by atoms with Crippen molar-refractivity contribution < 1.29 is 14.5 Å². The van der Waals surface area contributed by atoms with E-state index < -0.39 is 10.8 Å². The number of Topliss-reactive ketones (excluding diaryl/α,β-unsaturated/α-hetero) is 1. The lowest BCUT2D eigenvalue weighted by atomic mass is 10.1. The van der Waals surface area contributed by atoms with E-state index in [1.54, 1.807) is 24.3 Å². The molecule has 0 aromatic heterocycles. The predicted molar refractivity (Wildman–Crippen MR) is 93.8 cm³/mol. The summed E-state index contributed by atoms with van der Waals surface area (Å²) in [6.45, 7) is 1.49. The summed E-state index contributed by atoms with van der Waals surface area (Å²) in [5.74, 6) is 4.91. The van der Waals surface area contributed by atoms with E-state index in [0.717, 1.165) is 0 Å². The maximum Gasteiger partial charge on any atom is 0.282 e. The Labute approximate surface area is 149 Å². The molecule has 0 atom stereocenters. The Morgan fingerprint density at radius 2 is 1.88 bits per heavy atom. The van der Waals surface area contributed by atoms with Crippen molar-refractivity contribution >= 4 is 29.0 Å². The first-order valence-electron chi connectivity index (χ1n) is 7.20. The lowest BCUT2D eigenvalue weighted by Gasteiger charge is -2.03. The van der Waals surface area contributed by atoms with E-state index in [1.165, 1.54) is 25.1 Å². The molecule has 7 heteroatoms. The van der Waals surface area contributed by atoms with Crippen molar-refractivity contribution in [3.63, 3.8) is 0 Å². The van der Waals surface area contributed by atoms with Gasteiger partial charge in [-0.1, -0.05) is 35.6 Å². The van der Waals surface area contributed by atoms with Gasteiger partial charge < -0.3 is 5.32 Å². The normalized spacial score (nSPS) is 9.68. The first-order chi connectivity index (χ1) is 11.9. The monoisotopic (exact) mass is 356 g/mol. The van der Waals surface area contributed by atoms with Crippen molar-refractivity contribution in [2.24, 2.45) is 0 Å². The fourth-order valence-electron chi connectivity index (χ4n) is 2.00. The molecule has 0 radical (unpaired) electrons. The van der Waals surface area contributed by atoms with Crippen LogP contribution >= 0.6 is 11.6 Å². The molecule has 0 aliphatic carbocycles. The van der Waals surface area contributed by atoms with Crippen molar-refractivity contribution in [1.82, 2.24) is 5.32 Å². The van der Waals surface area contributed by atoms with Gasteiger partial charge in [0.15, 0.2) is 5.78 Å². The standard InChI is InChI=1S/C18H13ClN2O4/c1-12(22)14-6-4-13(5-7-14)3-2-10-20-18(23)16-11-15(19)8-9-17(16)21(24)25/h4-9,11H,10H2,1H3,(H,20,23). The summed E-state index contributed by atoms with van der Waals surface area (Å²) in [6.07, 6.45) is 0. The summed E-state index contributed by atoms with van der Waals surface area (Å²) >= 11 is 5.79. The average Bonchev–Trinajstić information content (AvgIpc) is 2.58. The van der Waals surface area contributed by atoms with Gasteiger partial charge in [-0.3, -0.25) is 19.7 Å². The van der Waals surface area contributed by atoms with Crippen LogP contribution in [0.1, 0.15) is 33.2 Å². The summed E-state index contributed by atoms with van der Waals surface area (Å²) in [6, 6.07) is 10.5. The van der Waals surface area contributed by atoms with E-state index in [0.29, 0.717) is 11.1 Å². The molecule has 6 nitrogen and oxygen atoms in total. The van der Waals surface area contributed by atoms with Crippen LogP contribution in [0.4, 0.5) is 5.69 Å². The molecule has 1 N–H and O–H groups in total. The first-order valence-corrected chi connectivity index (χ1v) is 7.58. The minimum atomic E-state index is -0.645. The van der Waals surface area contributed by atoms with Crippen LogP contribution < -0.4 is 5.32 Å². The Balaban J connectivity index is 2.03. The molecule has 0 spiro atoms. The zero-order chi connectivity index (χ0) is 18.4. The van der Waals surface area contributed by atoms with Crippen molar-refractivity contribution in [3.05, 3.63) is 74.3 Å². The molecule has 1 amide bonds. The fraction of sp³-hybridized carbons (Fsp3) is 0.111. The lowest BCUT2D eigenvalue weighted by Crippen LogP contribution is -2.24. The first kappa shape index (κ1) is 18.2. The quantitative estimate of drug-likeness (QED) is 0.394. The lowest BCUT2D eigenvalue weighted by molar-refractivity contribution is -0.385. The Morgan fingerprint density at radius 3 is 2.48 bits per heavy atom. The van der Waals surface area contributed by atoms with Crippen LogP contribution in [0.2, 0.25) is 5.02 Å². The molecule has 0 saturated heterocycles. The van der Waals surface area contributed by atoms with E-state index in [-0.39, 0.29) is 28.6 Å². The highest BCUT2D eigenvalue weighted by Crippen LogP contribution is 2.22. The van der Waals surface area contributed by atoms with Gasteiger partial charge in [0.25, 0.3) is 11.6 Å². The SMILES string of the molecule is CC(=O)c1ccc(C#CCNC(=O)c2cc(Cl)ccc2[N+](=O)[O-])cc1. The van der Waals surface area contributed by atoms with Gasteiger partial charge in [0.2, 0.25) is 0 Å². The third-order valence-electron chi connectivity index (χ3n) is 3.26. The van der Waals surface area contributed by atoms with Gasteiger partial charge in [0, 0.05) is 22.2 Å². The molecule has 0 heterocycles. The smallest absolute Gasteiger partial charge is 0.282 e. The molecular weight excluding hydrogens is 344 g/mol.